The Hall–Kier alpha value is -1.27. The number of nitrogens with one attached hydrogen (secondary N) is 2. The predicted octanol–water partition coefficient (Wildman–Crippen LogP) is 1.12. The molecule has 0 bridgehead atoms. The number of aromatic amines is 1. The van der Waals surface area contributed by atoms with Gasteiger partial charge in [0.15, 0.2) is 0 Å². The van der Waals surface area contributed by atoms with Gasteiger partial charge in [-0.3, -0.25) is 4.79 Å². The Labute approximate surface area is 121 Å². The summed E-state index contributed by atoms with van der Waals surface area (Å²) in [6.07, 6.45) is 1.22. The number of pyridine rings is 2. The molecule has 2 rings (SSSR count). The van der Waals surface area contributed by atoms with Crippen molar-refractivity contribution in [2.24, 2.45) is 0 Å². The zero-order chi connectivity index (χ0) is 11.7. The van der Waals surface area contributed by atoms with Crippen LogP contribution in [0.15, 0.2) is 23.1 Å². The third-order valence-corrected chi connectivity index (χ3v) is 2.16. The Morgan fingerprint density at radius 1 is 1.47 bits per heavy atom. The fourth-order valence-electron chi connectivity index (χ4n) is 1.36. The summed E-state index contributed by atoms with van der Waals surface area (Å²) in [5, 5.41) is 0. The Bertz CT molecular complexity index is 624. The molecule has 2 aromatic heterocycles. The molecule has 0 aliphatic rings. The summed E-state index contributed by atoms with van der Waals surface area (Å²) in [5.41, 5.74) is 6.72. The maximum Gasteiger partial charge on any atom is 3.00 e. The maximum absolute atomic E-state index is 11.8. The number of fused-ring (bicyclic) bond motifs is 1. The number of ether oxygens (including phenoxy) is 1. The van der Waals surface area contributed by atoms with Gasteiger partial charge in [0.1, 0.15) is 5.52 Å². The average molecular weight is 307 g/mol. The van der Waals surface area contributed by atoms with Crippen LogP contribution in [-0.4, -0.2) is 23.0 Å². The molecule has 6 nitrogen and oxygen atoms in total. The van der Waals surface area contributed by atoms with Crippen LogP contribution in [0, 0.1) is 0 Å². The van der Waals surface area contributed by atoms with Gasteiger partial charge in [0.2, 0.25) is 11.3 Å². The van der Waals surface area contributed by atoms with Gasteiger partial charge in [0, 0.05) is 12.3 Å². The summed E-state index contributed by atoms with van der Waals surface area (Å²) in [7, 11) is 1.43. The fourth-order valence-corrected chi connectivity index (χ4v) is 1.36. The molecule has 2 heterocycles. The van der Waals surface area contributed by atoms with Crippen LogP contribution in [0.25, 0.3) is 16.8 Å². The van der Waals surface area contributed by atoms with Gasteiger partial charge >= 0.3 is 32.7 Å². The third-order valence-electron chi connectivity index (χ3n) is 2.16. The second-order valence-electron chi connectivity index (χ2n) is 3.11. The van der Waals surface area contributed by atoms with E-state index in [1.165, 1.54) is 13.3 Å². The van der Waals surface area contributed by atoms with E-state index in [0.717, 1.165) is 0 Å². The average Bonchev–Trinajstić information content (AvgIpc) is 2.28. The van der Waals surface area contributed by atoms with Gasteiger partial charge in [-0.2, -0.15) is 0 Å². The molecule has 0 radical (unpaired) electrons. The normalized spacial score (nSPS) is 9.71. The second kappa shape index (κ2) is 5.38. The van der Waals surface area contributed by atoms with E-state index in [-0.39, 0.29) is 49.7 Å². The van der Waals surface area contributed by atoms with E-state index < -0.39 is 11.3 Å². The molecule has 82 valence electrons. The molecule has 0 aliphatic heterocycles. The van der Waals surface area contributed by atoms with Gasteiger partial charge in [-0.1, -0.05) is 0 Å². The topological polar surface area (TPSA) is 95.9 Å². The Balaban J connectivity index is 0.00000144. The minimum atomic E-state index is -1.03. The van der Waals surface area contributed by atoms with Gasteiger partial charge < -0.3 is 20.2 Å². The molecule has 17 heavy (non-hydrogen) atoms. The maximum atomic E-state index is 11.8. The summed E-state index contributed by atoms with van der Waals surface area (Å²) in [5.74, 6) is -0.750. The molecule has 7 heteroatoms. The molecular formula is C10H8N3O3Y+2. The molecule has 0 fully saturated rings. The SMILES string of the molecule is COc1ccc2[nH]cc(C([NH-])=O)c(=O)c2n1.[Y+3]. The number of carbonyl (C=O) groups excluding carboxylic acids is 1. The first-order chi connectivity index (χ1) is 7.63. The van der Waals surface area contributed by atoms with Crippen LogP contribution in [0.2, 0.25) is 0 Å². The van der Waals surface area contributed by atoms with E-state index in [4.69, 9.17) is 10.5 Å². The largest absolute Gasteiger partial charge is 3.00 e. The monoisotopic (exact) mass is 307 g/mol. The van der Waals surface area contributed by atoms with Crippen molar-refractivity contribution in [2.75, 3.05) is 7.11 Å². The number of H-pyrrole nitrogens is 1. The number of hydrogen-bond acceptors (Lipinski definition) is 4. The quantitative estimate of drug-likeness (QED) is 0.899. The molecule has 0 saturated carbocycles. The van der Waals surface area contributed by atoms with Crippen LogP contribution in [0.4, 0.5) is 0 Å². The van der Waals surface area contributed by atoms with Gasteiger partial charge in [-0.15, -0.1) is 0 Å². The zero-order valence-corrected chi connectivity index (χ0v) is 11.8. The van der Waals surface area contributed by atoms with Gasteiger partial charge in [0.25, 0.3) is 0 Å². The Morgan fingerprint density at radius 2 is 2.18 bits per heavy atom. The first-order valence-corrected chi connectivity index (χ1v) is 4.46. The fraction of sp³-hybridized carbons (Fsp3) is 0.100. The first kappa shape index (κ1) is 13.8. The number of carbonyl (C=O) groups is 1. The number of methoxy groups -OCH3 is 1. The van der Waals surface area contributed by atoms with Crippen LogP contribution < -0.4 is 10.2 Å². The number of aromatic nitrogens is 2. The minimum Gasteiger partial charge on any atom is -0.663 e. The van der Waals surface area contributed by atoms with Gasteiger partial charge in [0.05, 0.1) is 24.1 Å². The van der Waals surface area contributed by atoms with Crippen molar-refractivity contribution in [3.05, 3.63) is 39.9 Å². The molecule has 1 amide bonds. The zero-order valence-electron chi connectivity index (χ0n) is 8.98. The molecular weight excluding hydrogens is 299 g/mol. The molecule has 0 spiro atoms. The van der Waals surface area contributed by atoms with E-state index in [1.807, 2.05) is 0 Å². The van der Waals surface area contributed by atoms with Crippen LogP contribution in [0.1, 0.15) is 10.4 Å². The molecule has 2 aromatic rings. The summed E-state index contributed by atoms with van der Waals surface area (Å²) < 4.78 is 4.88. The van der Waals surface area contributed by atoms with Crippen molar-refractivity contribution in [3.8, 4) is 5.88 Å². The second-order valence-corrected chi connectivity index (χ2v) is 3.11. The summed E-state index contributed by atoms with van der Waals surface area (Å²) in [6, 6.07) is 3.22. The number of rotatable bonds is 2. The minimum absolute atomic E-state index is 0. The van der Waals surface area contributed by atoms with E-state index in [9.17, 15) is 9.59 Å². The molecule has 0 atom stereocenters. The van der Waals surface area contributed by atoms with Crippen LogP contribution in [-0.2, 0) is 32.7 Å². The van der Waals surface area contributed by atoms with E-state index in [0.29, 0.717) is 5.52 Å². The standard InChI is InChI=1S/C10H9N3O3.Y/c1-16-7-3-2-6-8(13-7)9(14)5(4-12-6)10(11)15;/h2-4H,1H3,(H3,11,12,14,15);/q;+3/p-1. The van der Waals surface area contributed by atoms with Crippen molar-refractivity contribution < 1.29 is 42.2 Å². The third kappa shape index (κ3) is 2.53. The van der Waals surface area contributed by atoms with Crippen LogP contribution >= 0.6 is 0 Å². The molecule has 0 unspecified atom stereocenters. The molecule has 0 aromatic carbocycles. The van der Waals surface area contributed by atoms with E-state index in [2.05, 4.69) is 9.97 Å². The van der Waals surface area contributed by atoms with Gasteiger partial charge in [-0.05, 0) is 6.07 Å². The van der Waals surface area contributed by atoms with E-state index in [1.54, 1.807) is 12.1 Å². The summed E-state index contributed by atoms with van der Waals surface area (Å²) >= 11 is 0. The van der Waals surface area contributed by atoms with Crippen molar-refractivity contribution in [1.29, 1.82) is 0 Å². The van der Waals surface area contributed by atoms with Gasteiger partial charge in [-0.25, -0.2) is 4.98 Å². The number of amides is 1. The predicted molar refractivity (Wildman–Crippen MR) is 57.6 cm³/mol. The van der Waals surface area contributed by atoms with Crippen LogP contribution in [0.3, 0.4) is 0 Å². The number of hydrogen-bond donors (Lipinski definition) is 1. The van der Waals surface area contributed by atoms with Crippen LogP contribution in [0.5, 0.6) is 5.88 Å². The van der Waals surface area contributed by atoms with E-state index >= 15 is 0 Å². The van der Waals surface area contributed by atoms with Crippen molar-refractivity contribution >= 4 is 16.9 Å². The van der Waals surface area contributed by atoms with Crippen molar-refractivity contribution in [3.63, 3.8) is 0 Å². The molecule has 0 aliphatic carbocycles. The molecule has 2 N–H and O–H groups in total. The van der Waals surface area contributed by atoms with Crippen molar-refractivity contribution in [2.45, 2.75) is 0 Å². The number of nitrogens with zero attached hydrogens (tertiary/aromatic N) is 1. The summed E-state index contributed by atoms with van der Waals surface area (Å²) in [6.45, 7) is 0. The molecule has 0 saturated heterocycles. The first-order valence-electron chi connectivity index (χ1n) is 4.46. The smallest absolute Gasteiger partial charge is 0.663 e. The Kier molecular flexibility index (Phi) is 4.36. The van der Waals surface area contributed by atoms with Crippen molar-refractivity contribution in [1.82, 2.24) is 9.97 Å². The summed E-state index contributed by atoms with van der Waals surface area (Å²) in [4.78, 5) is 29.3. The Morgan fingerprint density at radius 3 is 2.76 bits per heavy atom.